The monoisotopic (exact) mass is 120 g/mol. The zero-order valence-electron chi connectivity index (χ0n) is 4.32. The molecule has 1 aliphatic heterocycles. The van der Waals surface area contributed by atoms with Gasteiger partial charge in [-0.05, 0) is 6.42 Å². The van der Waals surface area contributed by atoms with E-state index < -0.39 is 0 Å². The predicted molar refractivity (Wildman–Crippen MR) is 30.0 cm³/mol. The molecule has 1 aliphatic rings. The molecule has 1 saturated heterocycles. The first-order valence-electron chi connectivity index (χ1n) is 2.41. The van der Waals surface area contributed by atoms with Crippen molar-refractivity contribution in [2.75, 3.05) is 13.6 Å². The third-order valence-electron chi connectivity index (χ3n) is 1.16. The Morgan fingerprint density at radius 2 is 2.57 bits per heavy atom. The number of alkyl halides is 1. The highest BCUT2D eigenvalue weighted by Crippen LogP contribution is 2.08. The molecule has 0 amide bonds. The number of nitrogens with zero attached hydrogens (tertiary/aromatic N) is 1. The molecule has 1 fully saturated rings. The molecule has 1 unspecified atom stereocenters. The molecule has 0 aliphatic carbocycles. The fraction of sp³-hybridized carbons (Fsp3) is 1.00. The van der Waals surface area contributed by atoms with Crippen LogP contribution in [0.2, 0.25) is 0 Å². The van der Waals surface area contributed by atoms with Crippen LogP contribution in [0.3, 0.4) is 0 Å². The highest BCUT2D eigenvalue weighted by atomic mass is 35.5. The van der Waals surface area contributed by atoms with Crippen LogP contribution in [0, 0.1) is 0 Å². The Balaban J connectivity index is 2.33. The van der Waals surface area contributed by atoms with Crippen LogP contribution >= 0.6 is 11.6 Å². The smallest absolute Gasteiger partial charge is 0.0991 e. The van der Waals surface area contributed by atoms with Crippen molar-refractivity contribution in [3.8, 4) is 0 Å². The first-order valence-corrected chi connectivity index (χ1v) is 2.85. The van der Waals surface area contributed by atoms with Gasteiger partial charge in [0.1, 0.15) is 0 Å². The van der Waals surface area contributed by atoms with Crippen molar-refractivity contribution in [1.29, 1.82) is 0 Å². The fourth-order valence-electron chi connectivity index (χ4n) is 0.653. The lowest BCUT2D eigenvalue weighted by molar-refractivity contribution is 0.292. The van der Waals surface area contributed by atoms with E-state index in [1.54, 1.807) is 0 Å². The Morgan fingerprint density at radius 1 is 1.86 bits per heavy atom. The van der Waals surface area contributed by atoms with Gasteiger partial charge in [0.25, 0.3) is 0 Å². The Morgan fingerprint density at radius 3 is 2.71 bits per heavy atom. The molecule has 1 rings (SSSR count). The molecule has 42 valence electrons. The molecule has 2 nitrogen and oxygen atoms in total. The summed E-state index contributed by atoms with van der Waals surface area (Å²) in [5.41, 5.74) is 3.28. The van der Waals surface area contributed by atoms with Crippen molar-refractivity contribution in [3.05, 3.63) is 0 Å². The standard InChI is InChI=1S/C4H9ClN2/c1-7-4(5)2-3-6-7/h4,6H,2-3H2,1H3. The van der Waals surface area contributed by atoms with E-state index in [0.717, 1.165) is 13.0 Å². The zero-order valence-corrected chi connectivity index (χ0v) is 5.07. The minimum absolute atomic E-state index is 0.208. The van der Waals surface area contributed by atoms with Crippen LogP contribution in [-0.4, -0.2) is 24.1 Å². The topological polar surface area (TPSA) is 15.3 Å². The second-order valence-corrected chi connectivity index (χ2v) is 2.25. The van der Waals surface area contributed by atoms with Gasteiger partial charge in [0.2, 0.25) is 0 Å². The number of hydrogen-bond acceptors (Lipinski definition) is 2. The van der Waals surface area contributed by atoms with E-state index in [4.69, 9.17) is 11.6 Å². The molecule has 1 atom stereocenters. The van der Waals surface area contributed by atoms with Crippen LogP contribution < -0.4 is 5.43 Å². The second kappa shape index (κ2) is 1.99. The van der Waals surface area contributed by atoms with E-state index in [1.807, 2.05) is 12.1 Å². The summed E-state index contributed by atoms with van der Waals surface area (Å²) in [6.45, 7) is 1.02. The number of halogens is 1. The Bertz CT molecular complexity index is 58.7. The van der Waals surface area contributed by atoms with Crippen molar-refractivity contribution in [1.82, 2.24) is 10.4 Å². The van der Waals surface area contributed by atoms with Gasteiger partial charge in [-0.3, -0.25) is 5.43 Å². The van der Waals surface area contributed by atoms with E-state index in [9.17, 15) is 0 Å². The molecule has 0 aromatic carbocycles. The molecule has 7 heavy (non-hydrogen) atoms. The minimum Gasteiger partial charge on any atom is -0.254 e. The molecule has 1 heterocycles. The van der Waals surface area contributed by atoms with Crippen LogP contribution in [0.5, 0.6) is 0 Å². The fourth-order valence-corrected chi connectivity index (χ4v) is 0.831. The SMILES string of the molecule is CN1NCCC1Cl. The number of hydrogen-bond donors (Lipinski definition) is 1. The average Bonchev–Trinajstić information content (AvgIpc) is 1.91. The summed E-state index contributed by atoms with van der Waals surface area (Å²) >= 11 is 5.73. The van der Waals surface area contributed by atoms with Crippen molar-refractivity contribution in [2.24, 2.45) is 0 Å². The first-order chi connectivity index (χ1) is 3.30. The van der Waals surface area contributed by atoms with Gasteiger partial charge in [0, 0.05) is 13.6 Å². The van der Waals surface area contributed by atoms with Crippen molar-refractivity contribution >= 4 is 11.6 Å². The van der Waals surface area contributed by atoms with Gasteiger partial charge in [-0.25, -0.2) is 5.01 Å². The van der Waals surface area contributed by atoms with E-state index in [-0.39, 0.29) is 5.50 Å². The van der Waals surface area contributed by atoms with Gasteiger partial charge < -0.3 is 0 Å². The number of hydrazine groups is 1. The third kappa shape index (κ3) is 1.06. The lowest BCUT2D eigenvalue weighted by atomic mass is 10.5. The average molecular weight is 121 g/mol. The van der Waals surface area contributed by atoms with E-state index in [1.165, 1.54) is 0 Å². The van der Waals surface area contributed by atoms with Crippen LogP contribution in [0.25, 0.3) is 0 Å². The molecule has 3 heteroatoms. The van der Waals surface area contributed by atoms with Gasteiger partial charge in [0.05, 0.1) is 5.50 Å². The zero-order chi connectivity index (χ0) is 5.28. The summed E-state index contributed by atoms with van der Waals surface area (Å²) in [7, 11) is 1.95. The molecule has 0 bridgehead atoms. The highest BCUT2D eigenvalue weighted by Gasteiger charge is 2.15. The normalized spacial score (nSPS) is 34.3. The maximum absolute atomic E-state index is 5.73. The molecular weight excluding hydrogens is 112 g/mol. The molecule has 0 aromatic heterocycles. The van der Waals surface area contributed by atoms with Crippen molar-refractivity contribution in [3.63, 3.8) is 0 Å². The summed E-state index contributed by atoms with van der Waals surface area (Å²) < 4.78 is 0. The maximum atomic E-state index is 5.73. The van der Waals surface area contributed by atoms with E-state index in [2.05, 4.69) is 5.43 Å². The van der Waals surface area contributed by atoms with Crippen LogP contribution in [0.15, 0.2) is 0 Å². The van der Waals surface area contributed by atoms with Gasteiger partial charge >= 0.3 is 0 Å². The van der Waals surface area contributed by atoms with Crippen molar-refractivity contribution in [2.45, 2.75) is 11.9 Å². The first kappa shape index (κ1) is 5.35. The number of nitrogens with one attached hydrogen (secondary N) is 1. The summed E-state index contributed by atoms with van der Waals surface area (Å²) in [6.07, 6.45) is 1.05. The van der Waals surface area contributed by atoms with Gasteiger partial charge in [-0.15, -0.1) is 11.6 Å². The Hall–Kier alpha value is 0.210. The highest BCUT2D eigenvalue weighted by molar-refractivity contribution is 6.20. The maximum Gasteiger partial charge on any atom is 0.0991 e. The predicted octanol–water partition coefficient (Wildman–Crippen LogP) is 0.391. The van der Waals surface area contributed by atoms with E-state index in [0.29, 0.717) is 0 Å². The van der Waals surface area contributed by atoms with Gasteiger partial charge in [-0.2, -0.15) is 0 Å². The summed E-state index contributed by atoms with van der Waals surface area (Å²) in [6, 6.07) is 0. The summed E-state index contributed by atoms with van der Waals surface area (Å²) in [5, 5.41) is 1.92. The largest absolute Gasteiger partial charge is 0.254 e. The Labute approximate surface area is 48.4 Å². The molecule has 0 radical (unpaired) electrons. The number of rotatable bonds is 0. The Kier molecular flexibility index (Phi) is 1.52. The molecular formula is C4H9ClN2. The third-order valence-corrected chi connectivity index (χ3v) is 1.67. The summed E-state index contributed by atoms with van der Waals surface area (Å²) in [5.74, 6) is 0. The quantitative estimate of drug-likeness (QED) is 0.368. The van der Waals surface area contributed by atoms with Gasteiger partial charge in [-0.1, -0.05) is 0 Å². The van der Waals surface area contributed by atoms with Crippen LogP contribution in [-0.2, 0) is 0 Å². The second-order valence-electron chi connectivity index (χ2n) is 1.74. The minimum atomic E-state index is 0.208. The molecule has 0 spiro atoms. The molecule has 1 N–H and O–H groups in total. The van der Waals surface area contributed by atoms with Crippen molar-refractivity contribution < 1.29 is 0 Å². The van der Waals surface area contributed by atoms with Crippen LogP contribution in [0.4, 0.5) is 0 Å². The van der Waals surface area contributed by atoms with Gasteiger partial charge in [0.15, 0.2) is 0 Å². The lowest BCUT2D eigenvalue weighted by Crippen LogP contribution is -2.29. The lowest BCUT2D eigenvalue weighted by Gasteiger charge is -2.10. The molecule has 0 saturated carbocycles. The van der Waals surface area contributed by atoms with Crippen LogP contribution in [0.1, 0.15) is 6.42 Å². The van der Waals surface area contributed by atoms with E-state index >= 15 is 0 Å². The summed E-state index contributed by atoms with van der Waals surface area (Å²) in [4.78, 5) is 0. The molecule has 0 aromatic rings.